The molecule has 1 aromatic heterocycles. The largest absolute Gasteiger partial charge is 0.462 e. The minimum Gasteiger partial charge on any atom is -0.462 e. The van der Waals surface area contributed by atoms with Crippen molar-refractivity contribution >= 4 is 29.2 Å². The normalized spacial score (nSPS) is 10.7. The summed E-state index contributed by atoms with van der Waals surface area (Å²) in [5.41, 5.74) is 1.83. The Morgan fingerprint density at radius 2 is 1.91 bits per heavy atom. The second-order valence-corrected chi connectivity index (χ2v) is 7.66. The molecule has 172 valence electrons. The zero-order valence-corrected chi connectivity index (χ0v) is 19.1. The fraction of sp³-hybridized carbons (Fsp3) is 0.250. The number of aryl methyl sites for hydroxylation is 1. The summed E-state index contributed by atoms with van der Waals surface area (Å²) in [7, 11) is 0. The second-order valence-electron chi connectivity index (χ2n) is 7.22. The van der Waals surface area contributed by atoms with Gasteiger partial charge in [0.15, 0.2) is 0 Å². The van der Waals surface area contributed by atoms with Crippen LogP contribution in [0.5, 0.6) is 0 Å². The lowest BCUT2D eigenvalue weighted by atomic mass is 10.1. The van der Waals surface area contributed by atoms with Crippen LogP contribution in [0.1, 0.15) is 28.5 Å². The van der Waals surface area contributed by atoms with Crippen LogP contribution in [0.2, 0.25) is 5.02 Å². The van der Waals surface area contributed by atoms with Crippen LogP contribution in [0.3, 0.4) is 0 Å². The fourth-order valence-corrected chi connectivity index (χ4v) is 3.53. The molecule has 0 aliphatic carbocycles. The lowest BCUT2D eigenvalue weighted by Crippen LogP contribution is -2.33. The molecule has 0 aliphatic heterocycles. The number of amides is 1. The van der Waals surface area contributed by atoms with E-state index in [1.165, 1.54) is 4.57 Å². The molecule has 0 saturated heterocycles. The molecule has 3 rings (SSSR count). The monoisotopic (exact) mass is 469 g/mol. The molecule has 9 heteroatoms. The Balaban J connectivity index is 1.91. The Morgan fingerprint density at radius 3 is 2.55 bits per heavy atom. The van der Waals surface area contributed by atoms with Gasteiger partial charge in [0.25, 0.3) is 5.56 Å². The van der Waals surface area contributed by atoms with Crippen LogP contribution in [0.4, 0.5) is 5.69 Å². The van der Waals surface area contributed by atoms with Crippen molar-refractivity contribution in [3.63, 3.8) is 0 Å². The Labute approximate surface area is 195 Å². The molecule has 2 N–H and O–H groups in total. The Hall–Kier alpha value is -3.49. The van der Waals surface area contributed by atoms with Crippen LogP contribution in [-0.4, -0.2) is 39.7 Å². The van der Waals surface area contributed by atoms with Gasteiger partial charge in [0, 0.05) is 40.6 Å². The van der Waals surface area contributed by atoms with E-state index >= 15 is 0 Å². The van der Waals surface area contributed by atoms with Crippen LogP contribution < -0.4 is 10.9 Å². The third-order valence-corrected chi connectivity index (χ3v) is 5.13. The third-order valence-electron chi connectivity index (χ3n) is 4.90. The number of carbonyl (C=O) groups excluding carboxylic acids is 2. The molecule has 1 heterocycles. The molecule has 0 unspecified atom stereocenters. The van der Waals surface area contributed by atoms with Gasteiger partial charge in [-0.1, -0.05) is 23.7 Å². The highest BCUT2D eigenvalue weighted by atomic mass is 35.5. The molecule has 0 aliphatic rings. The molecule has 3 aromatic rings. The number of halogens is 1. The molecule has 0 saturated carbocycles. The van der Waals surface area contributed by atoms with Crippen molar-refractivity contribution < 1.29 is 19.4 Å². The number of nitrogens with zero attached hydrogens (tertiary/aromatic N) is 2. The molecular formula is C24H24ClN3O5. The number of ether oxygens (including phenoxy) is 1. The van der Waals surface area contributed by atoms with E-state index in [-0.39, 0.29) is 26.2 Å². The molecule has 1 amide bonds. The van der Waals surface area contributed by atoms with Gasteiger partial charge >= 0.3 is 5.97 Å². The van der Waals surface area contributed by atoms with Gasteiger partial charge < -0.3 is 15.2 Å². The third kappa shape index (κ3) is 5.85. The van der Waals surface area contributed by atoms with Crippen LogP contribution >= 0.6 is 11.6 Å². The van der Waals surface area contributed by atoms with Crippen molar-refractivity contribution in [1.29, 1.82) is 0 Å². The van der Waals surface area contributed by atoms with Crippen molar-refractivity contribution in [2.24, 2.45) is 0 Å². The molecule has 33 heavy (non-hydrogen) atoms. The number of esters is 1. The average molecular weight is 470 g/mol. The van der Waals surface area contributed by atoms with Gasteiger partial charge in [-0.15, -0.1) is 0 Å². The smallest absolute Gasteiger partial charge is 0.338 e. The number of aromatic nitrogens is 2. The number of hydrogen-bond acceptors (Lipinski definition) is 6. The van der Waals surface area contributed by atoms with Gasteiger partial charge in [0.05, 0.1) is 12.2 Å². The summed E-state index contributed by atoms with van der Waals surface area (Å²) in [4.78, 5) is 42.3. The number of aliphatic hydroxyl groups excluding tert-OH is 1. The van der Waals surface area contributed by atoms with Crippen molar-refractivity contribution in [3.05, 3.63) is 80.7 Å². The summed E-state index contributed by atoms with van der Waals surface area (Å²) < 4.78 is 6.22. The topological polar surface area (TPSA) is 111 Å². The van der Waals surface area contributed by atoms with E-state index in [0.717, 1.165) is 0 Å². The molecule has 0 spiro atoms. The predicted octanol–water partition coefficient (Wildman–Crippen LogP) is 3.22. The van der Waals surface area contributed by atoms with E-state index in [9.17, 15) is 19.5 Å². The van der Waals surface area contributed by atoms with Gasteiger partial charge in [-0.25, -0.2) is 9.78 Å². The first-order valence-electron chi connectivity index (χ1n) is 10.4. The maximum Gasteiger partial charge on any atom is 0.338 e. The molecule has 2 aromatic carbocycles. The van der Waals surface area contributed by atoms with Gasteiger partial charge in [0.2, 0.25) is 5.91 Å². The van der Waals surface area contributed by atoms with E-state index in [0.29, 0.717) is 38.9 Å². The minimum absolute atomic E-state index is 0.129. The first kappa shape index (κ1) is 24.2. The SMILES string of the molecule is CCOC(=O)c1ccc(NC(=O)Cn2c(-c3cccc(Cl)c3)nc(C)c(CCO)c2=O)cc1. The number of carbonyl (C=O) groups is 2. The maximum atomic E-state index is 13.2. The van der Waals surface area contributed by atoms with Gasteiger partial charge in [-0.2, -0.15) is 0 Å². The van der Waals surface area contributed by atoms with Crippen LogP contribution in [0.15, 0.2) is 53.3 Å². The van der Waals surface area contributed by atoms with Crippen molar-refractivity contribution in [2.45, 2.75) is 26.8 Å². The van der Waals surface area contributed by atoms with Gasteiger partial charge in [-0.3, -0.25) is 14.2 Å². The van der Waals surface area contributed by atoms with E-state index in [1.54, 1.807) is 62.4 Å². The molecule has 0 atom stereocenters. The van der Waals surface area contributed by atoms with Gasteiger partial charge in [0.1, 0.15) is 12.4 Å². The van der Waals surface area contributed by atoms with Crippen LogP contribution in [0.25, 0.3) is 11.4 Å². The van der Waals surface area contributed by atoms with Crippen LogP contribution in [-0.2, 0) is 22.5 Å². The van der Waals surface area contributed by atoms with E-state index in [1.807, 2.05) is 0 Å². The van der Waals surface area contributed by atoms with E-state index in [2.05, 4.69) is 10.3 Å². The molecule has 8 nitrogen and oxygen atoms in total. The Bertz CT molecular complexity index is 1220. The number of nitrogens with one attached hydrogen (secondary N) is 1. The summed E-state index contributed by atoms with van der Waals surface area (Å²) >= 11 is 6.12. The summed E-state index contributed by atoms with van der Waals surface area (Å²) in [6.07, 6.45) is 0.129. The highest BCUT2D eigenvalue weighted by Gasteiger charge is 2.18. The highest BCUT2D eigenvalue weighted by molar-refractivity contribution is 6.30. The first-order chi connectivity index (χ1) is 15.8. The van der Waals surface area contributed by atoms with E-state index < -0.39 is 17.4 Å². The summed E-state index contributed by atoms with van der Waals surface area (Å²) in [5.74, 6) is -0.602. The number of hydrogen-bond donors (Lipinski definition) is 2. The number of aliphatic hydroxyl groups is 1. The highest BCUT2D eigenvalue weighted by Crippen LogP contribution is 2.21. The Kier molecular flexibility index (Phi) is 7.97. The average Bonchev–Trinajstić information content (AvgIpc) is 2.79. The zero-order chi connectivity index (χ0) is 24.0. The maximum absolute atomic E-state index is 13.2. The second kappa shape index (κ2) is 10.9. The number of anilines is 1. The zero-order valence-electron chi connectivity index (χ0n) is 18.3. The first-order valence-corrected chi connectivity index (χ1v) is 10.8. The van der Waals surface area contributed by atoms with Crippen molar-refractivity contribution in [1.82, 2.24) is 9.55 Å². The lowest BCUT2D eigenvalue weighted by Gasteiger charge is -2.16. The molecular weight excluding hydrogens is 446 g/mol. The van der Waals surface area contributed by atoms with Crippen LogP contribution in [0, 0.1) is 6.92 Å². The van der Waals surface area contributed by atoms with Crippen molar-refractivity contribution in [3.8, 4) is 11.4 Å². The molecule has 0 fully saturated rings. The fourth-order valence-electron chi connectivity index (χ4n) is 3.34. The lowest BCUT2D eigenvalue weighted by molar-refractivity contribution is -0.116. The Morgan fingerprint density at radius 1 is 1.18 bits per heavy atom. The number of rotatable bonds is 8. The van der Waals surface area contributed by atoms with Crippen molar-refractivity contribution in [2.75, 3.05) is 18.5 Å². The van der Waals surface area contributed by atoms with Gasteiger partial charge in [-0.05, 0) is 50.2 Å². The summed E-state index contributed by atoms with van der Waals surface area (Å²) in [5, 5.41) is 12.5. The number of benzene rings is 2. The standard InChI is InChI=1S/C24H24ClN3O5/c1-3-33-24(32)16-7-9-19(10-8-16)27-21(30)14-28-22(17-5-4-6-18(25)13-17)26-15(2)20(11-12-29)23(28)31/h4-10,13,29H,3,11-12,14H2,1-2H3,(H,27,30). The summed E-state index contributed by atoms with van der Waals surface area (Å²) in [6, 6.07) is 13.1. The predicted molar refractivity (Wildman–Crippen MR) is 125 cm³/mol. The summed E-state index contributed by atoms with van der Waals surface area (Å²) in [6.45, 7) is 3.16. The van der Waals surface area contributed by atoms with E-state index in [4.69, 9.17) is 16.3 Å². The quantitative estimate of drug-likeness (QED) is 0.490. The molecule has 0 bridgehead atoms. The minimum atomic E-state index is -0.454. The molecule has 0 radical (unpaired) electrons.